The molecule has 0 aliphatic rings. The Bertz CT molecular complexity index is 450. The number of amides is 1. The second-order valence-electron chi connectivity index (χ2n) is 3.48. The van der Waals surface area contributed by atoms with E-state index in [0.29, 0.717) is 0 Å². The zero-order chi connectivity index (χ0) is 13.0. The monoisotopic (exact) mass is 258 g/mol. The summed E-state index contributed by atoms with van der Waals surface area (Å²) < 4.78 is 0. The summed E-state index contributed by atoms with van der Waals surface area (Å²) in [7, 11) is 0. The van der Waals surface area contributed by atoms with Gasteiger partial charge in [0.15, 0.2) is 0 Å². The summed E-state index contributed by atoms with van der Waals surface area (Å²) in [5, 5.41) is 21.7. The molecule has 92 valence electrons. The lowest BCUT2D eigenvalue weighted by molar-refractivity contribution is -0.384. The molecular weight excluding hydrogens is 248 g/mol. The Morgan fingerprint density at radius 3 is 2.76 bits per heavy atom. The minimum absolute atomic E-state index is 0.0979. The van der Waals surface area contributed by atoms with Gasteiger partial charge in [-0.05, 0) is 19.1 Å². The molecule has 0 bridgehead atoms. The van der Waals surface area contributed by atoms with Crippen molar-refractivity contribution in [3.8, 4) is 0 Å². The van der Waals surface area contributed by atoms with Gasteiger partial charge in [0.2, 0.25) is 0 Å². The molecule has 0 unspecified atom stereocenters. The number of benzene rings is 1. The molecule has 2 N–H and O–H groups in total. The zero-order valence-electron chi connectivity index (χ0n) is 9.01. The van der Waals surface area contributed by atoms with Gasteiger partial charge in [-0.1, -0.05) is 11.6 Å². The summed E-state index contributed by atoms with van der Waals surface area (Å²) in [5.74, 6) is -0.441. The molecule has 0 saturated carbocycles. The fourth-order valence-corrected chi connectivity index (χ4v) is 1.40. The van der Waals surface area contributed by atoms with Crippen molar-refractivity contribution in [3.63, 3.8) is 0 Å². The van der Waals surface area contributed by atoms with E-state index in [1.165, 1.54) is 18.2 Å². The highest BCUT2D eigenvalue weighted by Gasteiger charge is 2.16. The van der Waals surface area contributed by atoms with Crippen LogP contribution in [0.25, 0.3) is 0 Å². The molecule has 1 atom stereocenters. The van der Waals surface area contributed by atoms with E-state index in [-0.39, 0.29) is 22.9 Å². The number of nitrogens with one attached hydrogen (secondary N) is 1. The lowest BCUT2D eigenvalue weighted by Crippen LogP contribution is -2.34. The number of aliphatic hydroxyl groups excluding tert-OH is 1. The van der Waals surface area contributed by atoms with E-state index in [1.54, 1.807) is 6.92 Å². The summed E-state index contributed by atoms with van der Waals surface area (Å²) in [4.78, 5) is 21.5. The third kappa shape index (κ3) is 3.40. The highest BCUT2D eigenvalue weighted by Crippen LogP contribution is 2.24. The summed E-state index contributed by atoms with van der Waals surface area (Å²) in [6.07, 6.45) is 0. The molecule has 0 spiro atoms. The largest absolute Gasteiger partial charge is 0.394 e. The van der Waals surface area contributed by atoms with Crippen molar-refractivity contribution in [2.45, 2.75) is 13.0 Å². The number of nitro groups is 1. The third-order valence-corrected chi connectivity index (χ3v) is 2.36. The number of nitrogens with zero attached hydrogens (tertiary/aromatic N) is 1. The number of carbonyl (C=O) groups is 1. The fourth-order valence-electron chi connectivity index (χ4n) is 1.15. The van der Waals surface area contributed by atoms with Gasteiger partial charge in [-0.3, -0.25) is 14.9 Å². The number of carbonyl (C=O) groups excluding carboxylic acids is 1. The quantitative estimate of drug-likeness (QED) is 0.630. The molecule has 0 fully saturated rings. The molecule has 17 heavy (non-hydrogen) atoms. The van der Waals surface area contributed by atoms with E-state index < -0.39 is 16.9 Å². The molecule has 0 aliphatic heterocycles. The highest BCUT2D eigenvalue weighted by molar-refractivity contribution is 6.33. The van der Waals surface area contributed by atoms with Crippen LogP contribution < -0.4 is 5.32 Å². The van der Waals surface area contributed by atoms with E-state index in [9.17, 15) is 14.9 Å². The lowest BCUT2D eigenvalue weighted by atomic mass is 10.2. The Morgan fingerprint density at radius 2 is 2.29 bits per heavy atom. The molecule has 0 aromatic heterocycles. The molecule has 6 nitrogen and oxygen atoms in total. The molecule has 7 heteroatoms. The van der Waals surface area contributed by atoms with Crippen molar-refractivity contribution in [1.29, 1.82) is 0 Å². The van der Waals surface area contributed by atoms with Gasteiger partial charge in [0.1, 0.15) is 5.02 Å². The van der Waals surface area contributed by atoms with Crippen molar-refractivity contribution >= 4 is 23.2 Å². The Labute approximate surface area is 102 Å². The number of hydrogen-bond donors (Lipinski definition) is 2. The van der Waals surface area contributed by atoms with Crippen LogP contribution in [-0.2, 0) is 0 Å². The second-order valence-corrected chi connectivity index (χ2v) is 3.89. The van der Waals surface area contributed by atoms with Gasteiger partial charge in [0.25, 0.3) is 11.6 Å². The molecule has 1 rings (SSSR count). The van der Waals surface area contributed by atoms with Crippen molar-refractivity contribution < 1.29 is 14.8 Å². The van der Waals surface area contributed by atoms with Crippen LogP contribution >= 0.6 is 11.6 Å². The van der Waals surface area contributed by atoms with Gasteiger partial charge in [-0.25, -0.2) is 0 Å². The Balaban J connectivity index is 2.90. The van der Waals surface area contributed by atoms with E-state index in [1.807, 2.05) is 0 Å². The average Bonchev–Trinajstić information content (AvgIpc) is 2.28. The van der Waals surface area contributed by atoms with Crippen LogP contribution in [0.3, 0.4) is 0 Å². The normalized spacial score (nSPS) is 11.9. The first kappa shape index (κ1) is 13.4. The predicted octanol–water partition coefficient (Wildman–Crippen LogP) is 1.36. The van der Waals surface area contributed by atoms with Gasteiger partial charge >= 0.3 is 0 Å². The van der Waals surface area contributed by atoms with E-state index in [4.69, 9.17) is 16.7 Å². The molecule has 0 aliphatic carbocycles. The molecule has 0 saturated heterocycles. The van der Waals surface area contributed by atoms with Crippen molar-refractivity contribution in [2.75, 3.05) is 6.61 Å². The number of hydrogen-bond acceptors (Lipinski definition) is 4. The summed E-state index contributed by atoms with van der Waals surface area (Å²) in [6, 6.07) is 3.31. The highest BCUT2D eigenvalue weighted by atomic mass is 35.5. The van der Waals surface area contributed by atoms with Gasteiger partial charge < -0.3 is 10.4 Å². The van der Waals surface area contributed by atoms with Gasteiger partial charge in [-0.2, -0.15) is 0 Å². The van der Waals surface area contributed by atoms with Crippen LogP contribution in [0.2, 0.25) is 5.02 Å². The van der Waals surface area contributed by atoms with E-state index in [2.05, 4.69) is 5.32 Å². The number of rotatable bonds is 4. The minimum Gasteiger partial charge on any atom is -0.394 e. The Hall–Kier alpha value is -1.66. The van der Waals surface area contributed by atoms with E-state index in [0.717, 1.165) is 0 Å². The molecular formula is C10H11ClN2O4. The molecule has 1 amide bonds. The van der Waals surface area contributed by atoms with Crippen molar-refractivity contribution in [1.82, 2.24) is 5.32 Å². The van der Waals surface area contributed by atoms with E-state index >= 15 is 0 Å². The predicted molar refractivity (Wildman–Crippen MR) is 62.1 cm³/mol. The third-order valence-electron chi connectivity index (χ3n) is 2.06. The molecule has 1 aromatic rings. The lowest BCUT2D eigenvalue weighted by Gasteiger charge is -2.10. The summed E-state index contributed by atoms with van der Waals surface area (Å²) >= 11 is 5.67. The van der Waals surface area contributed by atoms with Crippen molar-refractivity contribution in [3.05, 3.63) is 38.9 Å². The van der Waals surface area contributed by atoms with Crippen LogP contribution in [0.4, 0.5) is 5.69 Å². The Kier molecular flexibility index (Phi) is 4.42. The first-order valence-corrected chi connectivity index (χ1v) is 5.19. The first-order chi connectivity index (χ1) is 7.95. The maximum Gasteiger partial charge on any atom is 0.287 e. The SMILES string of the molecule is C[C@@H](CO)NC(=O)c1ccc([N+](=O)[O-])c(Cl)c1. The molecule has 1 aromatic carbocycles. The first-order valence-electron chi connectivity index (χ1n) is 4.81. The standard InChI is InChI=1S/C10H11ClN2O4/c1-6(5-14)12-10(15)7-2-3-9(13(16)17)8(11)4-7/h2-4,6,14H,5H2,1H3,(H,12,15)/t6-/m0/s1. The number of halogens is 1. The van der Waals surface area contributed by atoms with Gasteiger partial charge in [0.05, 0.1) is 11.5 Å². The van der Waals surface area contributed by atoms with Gasteiger partial charge in [0, 0.05) is 17.7 Å². The maximum absolute atomic E-state index is 11.6. The van der Waals surface area contributed by atoms with Crippen LogP contribution in [0, 0.1) is 10.1 Å². The zero-order valence-corrected chi connectivity index (χ0v) is 9.77. The average molecular weight is 259 g/mol. The Morgan fingerprint density at radius 1 is 1.65 bits per heavy atom. The second kappa shape index (κ2) is 5.60. The smallest absolute Gasteiger partial charge is 0.287 e. The number of nitro benzene ring substituents is 1. The number of aliphatic hydroxyl groups is 1. The molecule has 0 radical (unpaired) electrons. The topological polar surface area (TPSA) is 92.5 Å². The van der Waals surface area contributed by atoms with Crippen LogP contribution in [0.5, 0.6) is 0 Å². The molecule has 0 heterocycles. The van der Waals surface area contributed by atoms with Crippen LogP contribution in [-0.4, -0.2) is 28.6 Å². The summed E-state index contributed by atoms with van der Waals surface area (Å²) in [5.41, 5.74) is -0.0423. The minimum atomic E-state index is -0.625. The van der Waals surface area contributed by atoms with Crippen molar-refractivity contribution in [2.24, 2.45) is 0 Å². The summed E-state index contributed by atoms with van der Waals surface area (Å²) in [6.45, 7) is 1.44. The van der Waals surface area contributed by atoms with Gasteiger partial charge in [-0.15, -0.1) is 0 Å². The fraction of sp³-hybridized carbons (Fsp3) is 0.300. The maximum atomic E-state index is 11.6. The van der Waals surface area contributed by atoms with Crippen LogP contribution in [0.15, 0.2) is 18.2 Å². The van der Waals surface area contributed by atoms with Crippen LogP contribution in [0.1, 0.15) is 17.3 Å².